The molecule has 0 bridgehead atoms. The van der Waals surface area contributed by atoms with Gasteiger partial charge in [0.1, 0.15) is 0 Å². The lowest BCUT2D eigenvalue weighted by molar-refractivity contribution is 0.186. The number of hydrogen-bond donors (Lipinski definition) is 1. The molecule has 0 spiro atoms. The van der Waals surface area contributed by atoms with Crippen molar-refractivity contribution in [2.24, 2.45) is 5.73 Å². The topological polar surface area (TPSA) is 29.3 Å². The fourth-order valence-corrected chi connectivity index (χ4v) is 3.19. The summed E-state index contributed by atoms with van der Waals surface area (Å²) in [5.41, 5.74) is 7.52. The lowest BCUT2D eigenvalue weighted by atomic mass is 9.94. The molecule has 0 aromatic heterocycles. The average molecular weight is 325 g/mol. The molecule has 0 amide bonds. The van der Waals surface area contributed by atoms with Crippen molar-refractivity contribution >= 4 is 15.9 Å². The summed E-state index contributed by atoms with van der Waals surface area (Å²) in [6, 6.07) is 9.31. The number of hydrogen-bond acceptors (Lipinski definition) is 2. The maximum atomic E-state index is 6.28. The van der Waals surface area contributed by atoms with Crippen LogP contribution in [0.5, 0.6) is 0 Å². The molecule has 1 saturated carbocycles. The van der Waals surface area contributed by atoms with E-state index < -0.39 is 0 Å². The van der Waals surface area contributed by atoms with Crippen LogP contribution in [0.1, 0.15) is 50.1 Å². The maximum absolute atomic E-state index is 6.28. The third-order valence-electron chi connectivity index (χ3n) is 4.29. The van der Waals surface area contributed by atoms with Crippen LogP contribution in [0.2, 0.25) is 0 Å². The standard InChI is InChI=1S/C16H25BrN2/c1-19(15-5-3-2-4-6-15)12-11-16(18)13-7-9-14(17)10-8-13/h7-10,15-16H,2-6,11-12,18H2,1H3. The molecule has 1 atom stereocenters. The Labute approximate surface area is 125 Å². The Morgan fingerprint density at radius 2 is 1.84 bits per heavy atom. The fourth-order valence-electron chi connectivity index (χ4n) is 2.92. The minimum Gasteiger partial charge on any atom is -0.324 e. The largest absolute Gasteiger partial charge is 0.324 e. The van der Waals surface area contributed by atoms with Crippen LogP contribution in [0.4, 0.5) is 0 Å². The van der Waals surface area contributed by atoms with E-state index >= 15 is 0 Å². The summed E-state index contributed by atoms with van der Waals surface area (Å²) in [6.45, 7) is 1.10. The van der Waals surface area contributed by atoms with E-state index in [1.165, 1.54) is 37.7 Å². The summed E-state index contributed by atoms with van der Waals surface area (Å²) >= 11 is 3.46. The summed E-state index contributed by atoms with van der Waals surface area (Å²) in [5, 5.41) is 0. The van der Waals surface area contributed by atoms with E-state index in [1.54, 1.807) is 0 Å². The van der Waals surface area contributed by atoms with Gasteiger partial charge >= 0.3 is 0 Å². The first kappa shape index (κ1) is 15.0. The van der Waals surface area contributed by atoms with Crippen LogP contribution in [-0.2, 0) is 0 Å². The van der Waals surface area contributed by atoms with Crippen LogP contribution in [0.25, 0.3) is 0 Å². The van der Waals surface area contributed by atoms with Gasteiger partial charge in [-0.1, -0.05) is 47.3 Å². The summed E-state index contributed by atoms with van der Waals surface area (Å²) in [5.74, 6) is 0. The zero-order chi connectivity index (χ0) is 13.7. The SMILES string of the molecule is CN(CCC(N)c1ccc(Br)cc1)C1CCCCC1. The predicted molar refractivity (Wildman–Crippen MR) is 85.2 cm³/mol. The zero-order valence-electron chi connectivity index (χ0n) is 11.8. The molecule has 0 heterocycles. The second kappa shape index (κ2) is 7.41. The van der Waals surface area contributed by atoms with Crippen LogP contribution in [0, 0.1) is 0 Å². The smallest absolute Gasteiger partial charge is 0.0307 e. The zero-order valence-corrected chi connectivity index (χ0v) is 13.4. The number of rotatable bonds is 5. The van der Waals surface area contributed by atoms with Crippen LogP contribution in [0.3, 0.4) is 0 Å². The van der Waals surface area contributed by atoms with E-state index in [9.17, 15) is 0 Å². The van der Waals surface area contributed by atoms with Gasteiger partial charge in [-0.3, -0.25) is 0 Å². The third-order valence-corrected chi connectivity index (χ3v) is 4.82. The van der Waals surface area contributed by atoms with Gasteiger partial charge in [-0.15, -0.1) is 0 Å². The third kappa shape index (κ3) is 4.59. The van der Waals surface area contributed by atoms with Crippen LogP contribution >= 0.6 is 15.9 Å². The van der Waals surface area contributed by atoms with Crippen molar-refractivity contribution in [2.45, 2.75) is 50.6 Å². The Hall–Kier alpha value is -0.380. The molecule has 1 fully saturated rings. The van der Waals surface area contributed by atoms with Crippen molar-refractivity contribution in [1.82, 2.24) is 4.90 Å². The van der Waals surface area contributed by atoms with Crippen molar-refractivity contribution in [3.63, 3.8) is 0 Å². The van der Waals surface area contributed by atoms with Crippen LogP contribution < -0.4 is 5.73 Å². The Balaban J connectivity index is 1.79. The monoisotopic (exact) mass is 324 g/mol. The molecule has 19 heavy (non-hydrogen) atoms. The van der Waals surface area contributed by atoms with Gasteiger partial charge in [-0.05, 0) is 50.6 Å². The van der Waals surface area contributed by atoms with Crippen molar-refractivity contribution in [2.75, 3.05) is 13.6 Å². The molecule has 1 aromatic rings. The lowest BCUT2D eigenvalue weighted by Gasteiger charge is -2.31. The van der Waals surface area contributed by atoms with Crippen molar-refractivity contribution in [1.29, 1.82) is 0 Å². The van der Waals surface area contributed by atoms with Crippen molar-refractivity contribution in [3.05, 3.63) is 34.3 Å². The van der Waals surface area contributed by atoms with Gasteiger partial charge in [-0.25, -0.2) is 0 Å². The minimum atomic E-state index is 0.152. The van der Waals surface area contributed by atoms with E-state index in [-0.39, 0.29) is 6.04 Å². The van der Waals surface area contributed by atoms with Gasteiger partial charge in [0.05, 0.1) is 0 Å². The van der Waals surface area contributed by atoms with Gasteiger partial charge in [0.15, 0.2) is 0 Å². The molecule has 3 heteroatoms. The molecule has 0 aliphatic heterocycles. The molecule has 106 valence electrons. The van der Waals surface area contributed by atoms with Gasteiger partial charge < -0.3 is 10.6 Å². The molecular weight excluding hydrogens is 300 g/mol. The molecule has 1 unspecified atom stereocenters. The van der Waals surface area contributed by atoms with Gasteiger partial charge in [0, 0.05) is 16.6 Å². The van der Waals surface area contributed by atoms with Crippen molar-refractivity contribution in [3.8, 4) is 0 Å². The number of benzene rings is 1. The van der Waals surface area contributed by atoms with E-state index in [2.05, 4.69) is 52.1 Å². The second-order valence-corrected chi connectivity index (χ2v) is 6.63. The van der Waals surface area contributed by atoms with E-state index in [4.69, 9.17) is 5.73 Å². The Morgan fingerprint density at radius 1 is 1.21 bits per heavy atom. The van der Waals surface area contributed by atoms with Crippen molar-refractivity contribution < 1.29 is 0 Å². The summed E-state index contributed by atoms with van der Waals surface area (Å²) < 4.78 is 1.11. The van der Waals surface area contributed by atoms with Crippen LogP contribution in [-0.4, -0.2) is 24.5 Å². The molecule has 0 radical (unpaired) electrons. The van der Waals surface area contributed by atoms with E-state index in [1.807, 2.05) is 0 Å². The first-order valence-electron chi connectivity index (χ1n) is 7.38. The molecule has 2 rings (SSSR count). The molecule has 2 nitrogen and oxygen atoms in total. The highest BCUT2D eigenvalue weighted by Gasteiger charge is 2.18. The molecule has 0 saturated heterocycles. The summed E-state index contributed by atoms with van der Waals surface area (Å²) in [7, 11) is 2.25. The average Bonchev–Trinajstić information content (AvgIpc) is 2.46. The highest BCUT2D eigenvalue weighted by molar-refractivity contribution is 9.10. The lowest BCUT2D eigenvalue weighted by Crippen LogP contribution is -2.35. The van der Waals surface area contributed by atoms with E-state index in [0.29, 0.717) is 0 Å². The number of nitrogens with two attached hydrogens (primary N) is 1. The number of halogens is 1. The minimum absolute atomic E-state index is 0.152. The van der Waals surface area contributed by atoms with Gasteiger partial charge in [-0.2, -0.15) is 0 Å². The molecular formula is C16H25BrN2. The predicted octanol–water partition coefficient (Wildman–Crippen LogP) is 4.10. The normalized spacial score (nSPS) is 18.7. The highest BCUT2D eigenvalue weighted by Crippen LogP contribution is 2.23. The molecule has 2 N–H and O–H groups in total. The summed E-state index contributed by atoms with van der Waals surface area (Å²) in [6.07, 6.45) is 7.98. The molecule has 1 aliphatic carbocycles. The van der Waals surface area contributed by atoms with E-state index in [0.717, 1.165) is 23.5 Å². The highest BCUT2D eigenvalue weighted by atomic mass is 79.9. The first-order chi connectivity index (χ1) is 9.16. The molecule has 1 aromatic carbocycles. The second-order valence-electron chi connectivity index (χ2n) is 5.72. The van der Waals surface area contributed by atoms with Crippen LogP contribution in [0.15, 0.2) is 28.7 Å². The Kier molecular flexibility index (Phi) is 5.86. The van der Waals surface area contributed by atoms with Gasteiger partial charge in [0.25, 0.3) is 0 Å². The first-order valence-corrected chi connectivity index (χ1v) is 8.17. The maximum Gasteiger partial charge on any atom is 0.0307 e. The quantitative estimate of drug-likeness (QED) is 0.883. The summed E-state index contributed by atoms with van der Waals surface area (Å²) in [4.78, 5) is 2.51. The number of nitrogens with zero attached hydrogens (tertiary/aromatic N) is 1. The van der Waals surface area contributed by atoms with Gasteiger partial charge in [0.2, 0.25) is 0 Å². The molecule has 1 aliphatic rings. The Morgan fingerprint density at radius 3 is 2.47 bits per heavy atom. The fraction of sp³-hybridized carbons (Fsp3) is 0.625. The Bertz CT molecular complexity index is 371.